The first-order valence-corrected chi connectivity index (χ1v) is 11.9. The highest BCUT2D eigenvalue weighted by atomic mass is 16.3. The fraction of sp³-hybridized carbons (Fsp3) is 0.385. The lowest BCUT2D eigenvalue weighted by atomic mass is 10.0. The van der Waals surface area contributed by atoms with Gasteiger partial charge in [-0.05, 0) is 68.7 Å². The molecule has 2 aliphatic rings. The maximum absolute atomic E-state index is 12.4. The van der Waals surface area contributed by atoms with E-state index in [1.54, 1.807) is 6.21 Å². The second-order valence-electron chi connectivity index (χ2n) is 9.02. The van der Waals surface area contributed by atoms with Gasteiger partial charge in [0.15, 0.2) is 0 Å². The Morgan fingerprint density at radius 2 is 1.76 bits per heavy atom. The van der Waals surface area contributed by atoms with Gasteiger partial charge in [0.2, 0.25) is 5.88 Å². The quantitative estimate of drug-likeness (QED) is 0.533. The molecule has 0 bridgehead atoms. The Morgan fingerprint density at radius 3 is 2.52 bits per heavy atom. The molecule has 3 heterocycles. The molecule has 33 heavy (non-hydrogen) atoms. The van der Waals surface area contributed by atoms with E-state index in [0.717, 1.165) is 44.1 Å². The molecule has 7 nitrogen and oxygen atoms in total. The lowest BCUT2D eigenvalue weighted by molar-refractivity contribution is 0.452. The predicted molar refractivity (Wildman–Crippen MR) is 136 cm³/mol. The van der Waals surface area contributed by atoms with Gasteiger partial charge in [0.25, 0.3) is 5.56 Å². The number of nitrogens with zero attached hydrogens (tertiary/aromatic N) is 3. The number of benzene rings is 2. The highest BCUT2D eigenvalue weighted by Gasteiger charge is 2.18. The summed E-state index contributed by atoms with van der Waals surface area (Å²) in [6.45, 7) is 7.21. The summed E-state index contributed by atoms with van der Waals surface area (Å²) in [7, 11) is 0. The maximum Gasteiger partial charge on any atom is 0.258 e. The Morgan fingerprint density at radius 1 is 1.00 bits per heavy atom. The smallest absolute Gasteiger partial charge is 0.258 e. The third-order valence-electron chi connectivity index (χ3n) is 6.77. The molecule has 2 aliphatic heterocycles. The van der Waals surface area contributed by atoms with Gasteiger partial charge < -0.3 is 20.2 Å². The number of hydrogen-bond acceptors (Lipinski definition) is 6. The van der Waals surface area contributed by atoms with Gasteiger partial charge in [-0.1, -0.05) is 0 Å². The summed E-state index contributed by atoms with van der Waals surface area (Å²) < 4.78 is 0. The van der Waals surface area contributed by atoms with Crippen molar-refractivity contribution in [3.05, 3.63) is 58.4 Å². The lowest BCUT2D eigenvalue weighted by Gasteiger charge is -2.35. The minimum Gasteiger partial charge on any atom is -0.494 e. The number of aromatic amines is 1. The molecule has 2 saturated heterocycles. The monoisotopic (exact) mass is 445 g/mol. The minimum absolute atomic E-state index is 0.154. The molecule has 3 aromatic rings. The minimum atomic E-state index is -0.292. The predicted octanol–water partition coefficient (Wildman–Crippen LogP) is 3.77. The van der Waals surface area contributed by atoms with Crippen LogP contribution in [0.4, 0.5) is 17.1 Å². The van der Waals surface area contributed by atoms with Gasteiger partial charge in [-0.25, -0.2) is 0 Å². The SMILES string of the molecule is CC1CNCCN1c1ccc(N=Cc2c(O)[nH]c(=O)c3ccc(N4CCCCC4)cc23)cc1. The van der Waals surface area contributed by atoms with E-state index >= 15 is 0 Å². The van der Waals surface area contributed by atoms with Crippen molar-refractivity contribution in [3.63, 3.8) is 0 Å². The Kier molecular flexibility index (Phi) is 6.05. The molecule has 0 saturated carbocycles. The zero-order valence-electron chi connectivity index (χ0n) is 19.1. The Balaban J connectivity index is 1.45. The Labute approximate surface area is 193 Å². The summed E-state index contributed by atoms with van der Waals surface area (Å²) in [5.41, 5.74) is 3.30. The number of rotatable bonds is 4. The first kappa shape index (κ1) is 21.5. The van der Waals surface area contributed by atoms with Crippen LogP contribution >= 0.6 is 0 Å². The van der Waals surface area contributed by atoms with Crippen LogP contribution in [0.3, 0.4) is 0 Å². The van der Waals surface area contributed by atoms with E-state index in [0.29, 0.717) is 22.4 Å². The summed E-state index contributed by atoms with van der Waals surface area (Å²) >= 11 is 0. The van der Waals surface area contributed by atoms with Crippen LogP contribution in [0.5, 0.6) is 5.88 Å². The number of piperazine rings is 1. The molecule has 1 atom stereocenters. The van der Waals surface area contributed by atoms with Crippen molar-refractivity contribution in [2.75, 3.05) is 42.5 Å². The number of hydrogen-bond donors (Lipinski definition) is 3. The highest BCUT2D eigenvalue weighted by molar-refractivity contribution is 6.03. The third-order valence-corrected chi connectivity index (χ3v) is 6.77. The molecule has 2 fully saturated rings. The van der Waals surface area contributed by atoms with Crippen molar-refractivity contribution in [1.82, 2.24) is 10.3 Å². The topological polar surface area (TPSA) is 84.0 Å². The summed E-state index contributed by atoms with van der Waals surface area (Å²) in [5, 5.41) is 15.2. The largest absolute Gasteiger partial charge is 0.494 e. The second-order valence-corrected chi connectivity index (χ2v) is 9.02. The van der Waals surface area contributed by atoms with Crippen molar-refractivity contribution in [2.45, 2.75) is 32.2 Å². The number of aliphatic imine (C=N–C) groups is 1. The van der Waals surface area contributed by atoms with Crippen LogP contribution in [-0.2, 0) is 0 Å². The van der Waals surface area contributed by atoms with Crippen LogP contribution in [0.2, 0.25) is 0 Å². The van der Waals surface area contributed by atoms with Crippen LogP contribution in [0.25, 0.3) is 10.8 Å². The van der Waals surface area contributed by atoms with Crippen LogP contribution in [0.1, 0.15) is 31.7 Å². The van der Waals surface area contributed by atoms with Crippen LogP contribution in [0, 0.1) is 0 Å². The van der Waals surface area contributed by atoms with E-state index in [4.69, 9.17) is 0 Å². The first-order valence-electron chi connectivity index (χ1n) is 11.9. The molecular weight excluding hydrogens is 414 g/mol. The zero-order chi connectivity index (χ0) is 22.8. The summed E-state index contributed by atoms with van der Waals surface area (Å²) in [4.78, 5) is 24.4. The van der Waals surface area contributed by atoms with E-state index < -0.39 is 0 Å². The number of aromatic nitrogens is 1. The fourth-order valence-electron chi connectivity index (χ4n) is 4.90. The number of aromatic hydroxyl groups is 1. The van der Waals surface area contributed by atoms with E-state index in [1.165, 1.54) is 24.9 Å². The number of nitrogens with one attached hydrogen (secondary N) is 2. The molecular formula is C26H31N5O2. The molecule has 0 radical (unpaired) electrons. The molecule has 0 spiro atoms. The van der Waals surface area contributed by atoms with E-state index in [1.807, 2.05) is 30.3 Å². The first-order chi connectivity index (χ1) is 16.1. The molecule has 5 rings (SSSR count). The van der Waals surface area contributed by atoms with E-state index in [9.17, 15) is 9.90 Å². The molecule has 172 valence electrons. The van der Waals surface area contributed by atoms with E-state index in [2.05, 4.69) is 44.1 Å². The Bertz CT molecular complexity index is 1210. The van der Waals surface area contributed by atoms with Gasteiger partial charge >= 0.3 is 0 Å². The molecule has 1 unspecified atom stereocenters. The van der Waals surface area contributed by atoms with E-state index in [-0.39, 0.29) is 11.4 Å². The average Bonchev–Trinajstić information content (AvgIpc) is 2.85. The maximum atomic E-state index is 12.4. The fourth-order valence-corrected chi connectivity index (χ4v) is 4.90. The zero-order valence-corrected chi connectivity index (χ0v) is 19.1. The highest BCUT2D eigenvalue weighted by Crippen LogP contribution is 2.28. The number of pyridine rings is 1. The van der Waals surface area contributed by atoms with Gasteiger partial charge in [0.05, 0.1) is 11.3 Å². The molecule has 0 aliphatic carbocycles. The number of fused-ring (bicyclic) bond motifs is 1. The normalized spacial score (nSPS) is 19.5. The third kappa shape index (κ3) is 4.46. The van der Waals surface area contributed by atoms with Crippen molar-refractivity contribution >= 4 is 34.0 Å². The van der Waals surface area contributed by atoms with Crippen molar-refractivity contribution in [3.8, 4) is 5.88 Å². The second kappa shape index (κ2) is 9.27. The standard InChI is InChI=1S/C26H31N5O2/c1-18-16-27-11-14-31(18)20-7-5-19(6-8-20)28-17-24-23-15-21(30-12-3-2-4-13-30)9-10-22(23)25(32)29-26(24)33/h5-10,15,17-18,27H,2-4,11-14,16H2,1H3,(H2,29,32,33). The van der Waals surface area contributed by atoms with Gasteiger partial charge in [0.1, 0.15) is 0 Å². The van der Waals surface area contributed by atoms with Gasteiger partial charge in [-0.15, -0.1) is 0 Å². The summed E-state index contributed by atoms with van der Waals surface area (Å²) in [6, 6.07) is 14.5. The Hall–Kier alpha value is -3.32. The van der Waals surface area contributed by atoms with Crippen molar-refractivity contribution in [1.29, 1.82) is 0 Å². The molecule has 0 amide bonds. The van der Waals surface area contributed by atoms with Crippen molar-refractivity contribution in [2.24, 2.45) is 4.99 Å². The molecule has 7 heteroatoms. The number of H-pyrrole nitrogens is 1. The van der Waals surface area contributed by atoms with Gasteiger partial charge in [-0.2, -0.15) is 0 Å². The molecule has 2 aromatic carbocycles. The summed E-state index contributed by atoms with van der Waals surface area (Å²) in [5.74, 6) is -0.154. The number of piperidine rings is 1. The summed E-state index contributed by atoms with van der Waals surface area (Å²) in [6.07, 6.45) is 5.26. The molecule has 3 N–H and O–H groups in total. The number of anilines is 2. The average molecular weight is 446 g/mol. The molecule has 1 aromatic heterocycles. The van der Waals surface area contributed by atoms with Crippen LogP contribution in [0.15, 0.2) is 52.3 Å². The van der Waals surface area contributed by atoms with Crippen molar-refractivity contribution < 1.29 is 5.11 Å². The lowest BCUT2D eigenvalue weighted by Crippen LogP contribution is -2.49. The van der Waals surface area contributed by atoms with Gasteiger partial charge in [0, 0.05) is 67.1 Å². The van der Waals surface area contributed by atoms with Crippen LogP contribution < -0.4 is 20.7 Å². The van der Waals surface area contributed by atoms with Gasteiger partial charge in [-0.3, -0.25) is 14.8 Å². The van der Waals surface area contributed by atoms with Crippen LogP contribution in [-0.4, -0.2) is 55.1 Å².